The Morgan fingerprint density at radius 1 is 0.957 bits per heavy atom. The molecule has 5 heteroatoms. The quantitative estimate of drug-likeness (QED) is 0.445. The summed E-state index contributed by atoms with van der Waals surface area (Å²) in [6, 6.07) is 18.1. The molecule has 1 heterocycles. The number of rotatable bonds is 5. The van der Waals surface area contributed by atoms with Gasteiger partial charge in [0.25, 0.3) is 5.56 Å². The normalized spacial score (nSPS) is 10.4. The van der Waals surface area contributed by atoms with Crippen LogP contribution in [0.25, 0.3) is 0 Å². The van der Waals surface area contributed by atoms with Gasteiger partial charge in [0.15, 0.2) is 10.9 Å². The molecule has 0 aliphatic carbocycles. The maximum atomic E-state index is 12.3. The molecule has 0 aliphatic heterocycles. The van der Waals surface area contributed by atoms with Crippen LogP contribution in [0.1, 0.15) is 21.5 Å². The largest absolute Gasteiger partial charge is 0.301 e. The van der Waals surface area contributed by atoms with Gasteiger partial charge in [-0.05, 0) is 5.56 Å². The first kappa shape index (κ1) is 15.2. The van der Waals surface area contributed by atoms with E-state index in [4.69, 9.17) is 0 Å². The number of carbonyl (C=O) groups excluding carboxylic acids is 1. The Morgan fingerprint density at radius 3 is 2.35 bits per heavy atom. The Labute approximate surface area is 137 Å². The lowest BCUT2D eigenvalue weighted by Crippen LogP contribution is -2.05. The van der Waals surface area contributed by atoms with E-state index in [1.807, 2.05) is 54.6 Å². The van der Waals surface area contributed by atoms with E-state index in [1.54, 1.807) is 0 Å². The summed E-state index contributed by atoms with van der Waals surface area (Å²) in [6.45, 7) is 0. The zero-order valence-corrected chi connectivity index (χ0v) is 13.0. The molecule has 0 atom stereocenters. The standard InChI is InChI=1S/C18H14N2O2S/c21-16-10-11-19-18(20-16)23-12-13-6-8-15(9-7-13)17(22)14-4-2-1-3-5-14/h1-11H,12H2,(H,19,20,21). The van der Waals surface area contributed by atoms with Crippen LogP contribution in [-0.2, 0) is 5.75 Å². The Morgan fingerprint density at radius 2 is 1.65 bits per heavy atom. The lowest BCUT2D eigenvalue weighted by molar-refractivity contribution is 0.103. The number of nitrogens with one attached hydrogen (secondary N) is 1. The number of ketones is 1. The maximum Gasteiger partial charge on any atom is 0.251 e. The van der Waals surface area contributed by atoms with E-state index < -0.39 is 0 Å². The van der Waals surface area contributed by atoms with Crippen molar-refractivity contribution in [2.75, 3.05) is 0 Å². The molecule has 0 aliphatic rings. The second kappa shape index (κ2) is 7.07. The van der Waals surface area contributed by atoms with Crippen molar-refractivity contribution in [2.45, 2.75) is 10.9 Å². The highest BCUT2D eigenvalue weighted by Gasteiger charge is 2.08. The summed E-state index contributed by atoms with van der Waals surface area (Å²) >= 11 is 1.45. The molecule has 1 aromatic heterocycles. The fourth-order valence-corrected chi connectivity index (χ4v) is 2.89. The molecule has 0 saturated carbocycles. The smallest absolute Gasteiger partial charge is 0.251 e. The number of hydrogen-bond donors (Lipinski definition) is 1. The molecule has 3 rings (SSSR count). The molecule has 3 aromatic rings. The average Bonchev–Trinajstić information content (AvgIpc) is 2.61. The van der Waals surface area contributed by atoms with E-state index in [0.29, 0.717) is 22.0 Å². The van der Waals surface area contributed by atoms with E-state index in [1.165, 1.54) is 24.0 Å². The molecule has 23 heavy (non-hydrogen) atoms. The van der Waals surface area contributed by atoms with E-state index in [0.717, 1.165) is 5.56 Å². The molecule has 114 valence electrons. The fourth-order valence-electron chi connectivity index (χ4n) is 2.09. The van der Waals surface area contributed by atoms with Gasteiger partial charge in [-0.15, -0.1) is 0 Å². The molecule has 0 radical (unpaired) electrons. The number of nitrogens with zero attached hydrogens (tertiary/aromatic N) is 1. The minimum absolute atomic E-state index is 0.0128. The Bertz CT molecular complexity index is 858. The van der Waals surface area contributed by atoms with Crippen molar-refractivity contribution in [1.29, 1.82) is 0 Å². The van der Waals surface area contributed by atoms with Crippen LogP contribution in [-0.4, -0.2) is 15.8 Å². The Hall–Kier alpha value is -2.66. The molecular weight excluding hydrogens is 308 g/mol. The monoisotopic (exact) mass is 322 g/mol. The second-order valence-corrected chi connectivity index (χ2v) is 5.88. The van der Waals surface area contributed by atoms with Crippen molar-refractivity contribution in [3.8, 4) is 0 Å². The predicted octanol–water partition coefficient (Wildman–Crippen LogP) is 3.29. The van der Waals surface area contributed by atoms with E-state index in [2.05, 4.69) is 9.97 Å². The third-order valence-corrected chi connectivity index (χ3v) is 4.23. The number of aromatic nitrogens is 2. The molecule has 2 aromatic carbocycles. The number of hydrogen-bond acceptors (Lipinski definition) is 4. The lowest BCUT2D eigenvalue weighted by Gasteiger charge is -2.04. The fraction of sp³-hybridized carbons (Fsp3) is 0.0556. The molecule has 0 amide bonds. The summed E-state index contributed by atoms with van der Waals surface area (Å²) in [6.07, 6.45) is 1.49. The van der Waals surface area contributed by atoms with Gasteiger partial charge in [0.05, 0.1) is 0 Å². The maximum absolute atomic E-state index is 12.3. The minimum atomic E-state index is -0.161. The van der Waals surface area contributed by atoms with Crippen LogP contribution in [0.2, 0.25) is 0 Å². The van der Waals surface area contributed by atoms with Gasteiger partial charge in [0.1, 0.15) is 0 Å². The summed E-state index contributed by atoms with van der Waals surface area (Å²) in [5, 5.41) is 0.585. The van der Waals surface area contributed by atoms with Gasteiger partial charge in [-0.2, -0.15) is 0 Å². The van der Waals surface area contributed by atoms with Gasteiger partial charge in [0, 0.05) is 29.1 Å². The van der Waals surface area contributed by atoms with Crippen LogP contribution >= 0.6 is 11.8 Å². The molecule has 1 N–H and O–H groups in total. The minimum Gasteiger partial charge on any atom is -0.301 e. The van der Waals surface area contributed by atoms with Crippen molar-refractivity contribution in [1.82, 2.24) is 9.97 Å². The highest BCUT2D eigenvalue weighted by atomic mass is 32.2. The molecule has 0 bridgehead atoms. The van der Waals surface area contributed by atoms with Crippen molar-refractivity contribution >= 4 is 17.5 Å². The van der Waals surface area contributed by atoms with Gasteiger partial charge < -0.3 is 4.98 Å². The second-order valence-electron chi connectivity index (χ2n) is 4.92. The first-order chi connectivity index (χ1) is 11.2. The van der Waals surface area contributed by atoms with E-state index in [-0.39, 0.29) is 11.3 Å². The number of benzene rings is 2. The van der Waals surface area contributed by atoms with Gasteiger partial charge in [-0.1, -0.05) is 66.4 Å². The lowest BCUT2D eigenvalue weighted by atomic mass is 10.0. The Balaban J connectivity index is 1.67. The summed E-state index contributed by atoms with van der Waals surface area (Å²) in [7, 11) is 0. The van der Waals surface area contributed by atoms with E-state index in [9.17, 15) is 9.59 Å². The van der Waals surface area contributed by atoms with Gasteiger partial charge in [0.2, 0.25) is 0 Å². The first-order valence-corrected chi connectivity index (χ1v) is 8.08. The van der Waals surface area contributed by atoms with Gasteiger partial charge >= 0.3 is 0 Å². The summed E-state index contributed by atoms with van der Waals surface area (Å²) in [4.78, 5) is 30.3. The average molecular weight is 322 g/mol. The van der Waals surface area contributed by atoms with Crippen molar-refractivity contribution in [3.05, 3.63) is 93.9 Å². The van der Waals surface area contributed by atoms with Crippen LogP contribution in [0.3, 0.4) is 0 Å². The Kier molecular flexibility index (Phi) is 4.68. The third-order valence-electron chi connectivity index (χ3n) is 3.28. The predicted molar refractivity (Wildman–Crippen MR) is 90.7 cm³/mol. The summed E-state index contributed by atoms with van der Waals surface area (Å²) in [5.41, 5.74) is 2.24. The van der Waals surface area contributed by atoms with Crippen LogP contribution < -0.4 is 5.56 Å². The van der Waals surface area contributed by atoms with Crippen LogP contribution in [0.5, 0.6) is 0 Å². The molecule has 0 fully saturated rings. The first-order valence-electron chi connectivity index (χ1n) is 7.09. The molecule has 0 spiro atoms. The third kappa shape index (κ3) is 3.96. The zero-order chi connectivity index (χ0) is 16.1. The zero-order valence-electron chi connectivity index (χ0n) is 12.2. The van der Waals surface area contributed by atoms with Crippen LogP contribution in [0, 0.1) is 0 Å². The molecule has 0 unspecified atom stereocenters. The highest BCUT2D eigenvalue weighted by Crippen LogP contribution is 2.19. The summed E-state index contributed by atoms with van der Waals surface area (Å²) in [5.74, 6) is 0.686. The van der Waals surface area contributed by atoms with Gasteiger partial charge in [-0.25, -0.2) is 4.98 Å². The number of carbonyl (C=O) groups is 1. The number of H-pyrrole nitrogens is 1. The number of aromatic amines is 1. The van der Waals surface area contributed by atoms with E-state index >= 15 is 0 Å². The summed E-state index contributed by atoms with van der Waals surface area (Å²) < 4.78 is 0. The topological polar surface area (TPSA) is 62.8 Å². The van der Waals surface area contributed by atoms with Crippen molar-refractivity contribution in [3.63, 3.8) is 0 Å². The van der Waals surface area contributed by atoms with Crippen molar-refractivity contribution < 1.29 is 4.79 Å². The number of thioether (sulfide) groups is 1. The van der Waals surface area contributed by atoms with Crippen LogP contribution in [0.4, 0.5) is 0 Å². The molecular formula is C18H14N2O2S. The molecule has 4 nitrogen and oxygen atoms in total. The SMILES string of the molecule is O=C(c1ccccc1)c1ccc(CSc2nccc(=O)[nH]2)cc1. The molecule has 0 saturated heterocycles. The van der Waals surface area contributed by atoms with Gasteiger partial charge in [-0.3, -0.25) is 9.59 Å². The van der Waals surface area contributed by atoms with Crippen molar-refractivity contribution in [2.24, 2.45) is 0 Å². The van der Waals surface area contributed by atoms with Crippen LogP contribution in [0.15, 0.2) is 76.8 Å². The highest BCUT2D eigenvalue weighted by molar-refractivity contribution is 7.98.